The molecule has 0 spiro atoms. The molecule has 0 saturated carbocycles. The van der Waals surface area contributed by atoms with E-state index in [-0.39, 0.29) is 21.4 Å². The Morgan fingerprint density at radius 2 is 1.95 bits per heavy atom. The highest BCUT2D eigenvalue weighted by Gasteiger charge is 2.37. The van der Waals surface area contributed by atoms with Gasteiger partial charge in [0.2, 0.25) is 15.8 Å². The minimum Gasteiger partial charge on any atom is -0.475 e. The molecule has 1 aromatic heterocycles. The van der Waals surface area contributed by atoms with Gasteiger partial charge in [0.25, 0.3) is 0 Å². The average Bonchev–Trinajstić information content (AvgIpc) is 2.84. The number of rotatable bonds is 3. The van der Waals surface area contributed by atoms with E-state index in [2.05, 4.69) is 15.9 Å². The van der Waals surface area contributed by atoms with Crippen molar-refractivity contribution in [2.45, 2.75) is 18.7 Å². The molecule has 1 N–H and O–H groups in total. The molecule has 6 nitrogen and oxygen atoms in total. The molecule has 0 radical (unpaired) electrons. The Morgan fingerprint density at radius 3 is 2.37 bits per heavy atom. The number of carboxylic acid groups (broad SMARTS) is 1. The molecule has 0 bridgehead atoms. The van der Waals surface area contributed by atoms with Crippen molar-refractivity contribution in [2.75, 3.05) is 13.1 Å². The van der Waals surface area contributed by atoms with E-state index in [0.717, 1.165) is 6.07 Å². The maximum Gasteiger partial charge on any atom is 0.371 e. The molecule has 0 aliphatic carbocycles. The Hall–Kier alpha value is -0.860. The third-order valence-corrected chi connectivity index (χ3v) is 6.13. The smallest absolute Gasteiger partial charge is 0.371 e. The Labute approximate surface area is 119 Å². The van der Waals surface area contributed by atoms with E-state index in [1.165, 1.54) is 4.31 Å². The van der Waals surface area contributed by atoms with Gasteiger partial charge in [0, 0.05) is 19.2 Å². The van der Waals surface area contributed by atoms with Gasteiger partial charge in [0.1, 0.15) is 4.90 Å². The van der Waals surface area contributed by atoms with Gasteiger partial charge in [-0.1, -0.05) is 13.8 Å². The van der Waals surface area contributed by atoms with Crippen LogP contribution in [0.25, 0.3) is 0 Å². The SMILES string of the molecule is CC1CN(S(=O)(=O)c2cc(C(=O)O)oc2Br)CC1C. The molecule has 2 rings (SSSR count). The highest BCUT2D eigenvalue weighted by Crippen LogP contribution is 2.33. The van der Waals surface area contributed by atoms with Crippen molar-refractivity contribution in [3.63, 3.8) is 0 Å². The summed E-state index contributed by atoms with van der Waals surface area (Å²) in [6, 6.07) is 1.04. The number of hydrogen-bond donors (Lipinski definition) is 1. The van der Waals surface area contributed by atoms with Gasteiger partial charge in [0.15, 0.2) is 4.67 Å². The Balaban J connectivity index is 2.38. The minimum absolute atomic E-state index is 0.0721. The summed E-state index contributed by atoms with van der Waals surface area (Å²) in [6.45, 7) is 4.85. The lowest BCUT2D eigenvalue weighted by Crippen LogP contribution is -2.29. The van der Waals surface area contributed by atoms with Gasteiger partial charge in [-0.25, -0.2) is 13.2 Å². The average molecular weight is 352 g/mol. The van der Waals surface area contributed by atoms with Crippen LogP contribution in [-0.2, 0) is 10.0 Å². The predicted molar refractivity (Wildman–Crippen MR) is 70.5 cm³/mol. The normalized spacial score (nSPS) is 24.8. The molecule has 19 heavy (non-hydrogen) atoms. The zero-order valence-electron chi connectivity index (χ0n) is 10.5. The van der Waals surface area contributed by atoms with E-state index in [1.54, 1.807) is 0 Å². The fourth-order valence-corrected chi connectivity index (χ4v) is 4.59. The first-order valence-electron chi connectivity index (χ1n) is 5.76. The molecule has 1 fully saturated rings. The second-order valence-corrected chi connectivity index (χ2v) is 7.46. The van der Waals surface area contributed by atoms with Gasteiger partial charge < -0.3 is 9.52 Å². The molecule has 0 amide bonds. The van der Waals surface area contributed by atoms with Crippen molar-refractivity contribution in [3.8, 4) is 0 Å². The third kappa shape index (κ3) is 2.56. The number of sulfonamides is 1. The Kier molecular flexibility index (Phi) is 3.76. The van der Waals surface area contributed by atoms with E-state index < -0.39 is 21.8 Å². The van der Waals surface area contributed by atoms with Crippen LogP contribution in [0.15, 0.2) is 20.0 Å². The van der Waals surface area contributed by atoms with Crippen molar-refractivity contribution in [2.24, 2.45) is 11.8 Å². The first-order valence-corrected chi connectivity index (χ1v) is 7.99. The van der Waals surface area contributed by atoms with Crippen LogP contribution in [0.3, 0.4) is 0 Å². The molecule has 0 aromatic carbocycles. The molecular formula is C11H14BrNO5S. The highest BCUT2D eigenvalue weighted by molar-refractivity contribution is 9.10. The largest absolute Gasteiger partial charge is 0.475 e. The second kappa shape index (κ2) is 4.92. The van der Waals surface area contributed by atoms with Crippen LogP contribution in [-0.4, -0.2) is 36.9 Å². The van der Waals surface area contributed by atoms with E-state index in [9.17, 15) is 13.2 Å². The number of carbonyl (C=O) groups is 1. The summed E-state index contributed by atoms with van der Waals surface area (Å²) >= 11 is 2.96. The lowest BCUT2D eigenvalue weighted by Gasteiger charge is -2.14. The molecule has 1 saturated heterocycles. The molecule has 2 heterocycles. The lowest BCUT2D eigenvalue weighted by molar-refractivity contribution is 0.0661. The van der Waals surface area contributed by atoms with Crippen molar-refractivity contribution >= 4 is 31.9 Å². The molecule has 1 aliphatic heterocycles. The Bertz CT molecular complexity index is 599. The number of halogens is 1. The van der Waals surface area contributed by atoms with Crippen molar-refractivity contribution in [3.05, 3.63) is 16.5 Å². The zero-order chi connectivity index (χ0) is 14.4. The van der Waals surface area contributed by atoms with Gasteiger partial charge >= 0.3 is 5.97 Å². The standard InChI is InChI=1S/C11H14BrNO5S/c1-6-4-13(5-7(6)2)19(16,17)9-3-8(11(14)15)18-10(9)12/h3,6-7H,4-5H2,1-2H3,(H,14,15). The fraction of sp³-hybridized carbons (Fsp3) is 0.545. The maximum absolute atomic E-state index is 12.4. The van der Waals surface area contributed by atoms with E-state index in [1.807, 2.05) is 13.8 Å². The van der Waals surface area contributed by atoms with Crippen LogP contribution in [0.4, 0.5) is 0 Å². The topological polar surface area (TPSA) is 87.8 Å². The summed E-state index contributed by atoms with van der Waals surface area (Å²) < 4.78 is 31.0. The van der Waals surface area contributed by atoms with Crippen LogP contribution < -0.4 is 0 Å². The number of furan rings is 1. The fourth-order valence-electron chi connectivity index (χ4n) is 2.05. The summed E-state index contributed by atoms with van der Waals surface area (Å²) in [5.41, 5.74) is 0. The molecule has 1 aliphatic rings. The molecule has 106 valence electrons. The number of aromatic carboxylic acids is 1. The van der Waals surface area contributed by atoms with Crippen molar-refractivity contribution in [1.82, 2.24) is 4.31 Å². The molecular weight excluding hydrogens is 338 g/mol. The number of carboxylic acids is 1. The van der Waals surface area contributed by atoms with Gasteiger partial charge in [-0.15, -0.1) is 0 Å². The first kappa shape index (κ1) is 14.5. The van der Waals surface area contributed by atoms with Crippen LogP contribution in [0.5, 0.6) is 0 Å². The summed E-state index contributed by atoms with van der Waals surface area (Å²) in [5, 5.41) is 8.81. The van der Waals surface area contributed by atoms with Crippen LogP contribution in [0.1, 0.15) is 24.4 Å². The number of hydrogen-bond acceptors (Lipinski definition) is 4. The number of nitrogens with zero attached hydrogens (tertiary/aromatic N) is 1. The highest BCUT2D eigenvalue weighted by atomic mass is 79.9. The molecule has 8 heteroatoms. The van der Waals surface area contributed by atoms with Gasteiger partial charge in [-0.3, -0.25) is 0 Å². The summed E-state index contributed by atoms with van der Waals surface area (Å²) in [4.78, 5) is 10.7. The molecule has 2 unspecified atom stereocenters. The summed E-state index contributed by atoms with van der Waals surface area (Å²) in [7, 11) is -3.72. The van der Waals surface area contributed by atoms with E-state index in [0.29, 0.717) is 13.1 Å². The first-order chi connectivity index (χ1) is 8.73. The van der Waals surface area contributed by atoms with Crippen LogP contribution in [0, 0.1) is 11.8 Å². The van der Waals surface area contributed by atoms with Crippen molar-refractivity contribution in [1.29, 1.82) is 0 Å². The van der Waals surface area contributed by atoms with E-state index in [4.69, 9.17) is 9.52 Å². The van der Waals surface area contributed by atoms with Gasteiger partial charge in [-0.05, 0) is 27.8 Å². The lowest BCUT2D eigenvalue weighted by atomic mass is 10.0. The van der Waals surface area contributed by atoms with Crippen molar-refractivity contribution < 1.29 is 22.7 Å². The zero-order valence-corrected chi connectivity index (χ0v) is 12.9. The predicted octanol–water partition coefficient (Wildman–Crippen LogP) is 2.02. The minimum atomic E-state index is -3.72. The van der Waals surface area contributed by atoms with E-state index >= 15 is 0 Å². The molecule has 2 atom stereocenters. The van der Waals surface area contributed by atoms with Gasteiger partial charge in [0.05, 0.1) is 0 Å². The monoisotopic (exact) mass is 351 g/mol. The van der Waals surface area contributed by atoms with Crippen LogP contribution >= 0.6 is 15.9 Å². The quantitative estimate of drug-likeness (QED) is 0.899. The third-order valence-electron chi connectivity index (χ3n) is 3.44. The van der Waals surface area contributed by atoms with Gasteiger partial charge in [-0.2, -0.15) is 4.31 Å². The van der Waals surface area contributed by atoms with Crippen LogP contribution in [0.2, 0.25) is 0 Å². The summed E-state index contributed by atoms with van der Waals surface area (Å²) in [5.74, 6) is -1.14. The maximum atomic E-state index is 12.4. The Morgan fingerprint density at radius 1 is 1.42 bits per heavy atom. The second-order valence-electron chi connectivity index (χ2n) is 4.83. The summed E-state index contributed by atoms with van der Waals surface area (Å²) in [6.07, 6.45) is 0. The molecule has 1 aromatic rings.